The molecule has 27 heavy (non-hydrogen) atoms. The fourth-order valence-electron chi connectivity index (χ4n) is 2.90. The average Bonchev–Trinajstić information content (AvgIpc) is 2.65. The molecule has 2 amide bonds. The first-order chi connectivity index (χ1) is 13.0. The molecule has 0 aliphatic rings. The molecule has 2 aromatic carbocycles. The SMILES string of the molecule is CCNC(=O)[C@@H](CC)N(Cc1ccccc1Cl)C(=O)Cc1ccc(F)cc1. The zero-order chi connectivity index (χ0) is 19.8. The van der Waals surface area contributed by atoms with E-state index < -0.39 is 6.04 Å². The molecule has 4 nitrogen and oxygen atoms in total. The van der Waals surface area contributed by atoms with Gasteiger partial charge in [-0.25, -0.2) is 4.39 Å². The standard InChI is InChI=1S/C21H24ClFN2O2/c1-3-19(21(27)24-4-2)25(14-16-7-5-6-8-18(16)22)20(26)13-15-9-11-17(23)12-10-15/h5-12,19H,3-4,13-14H2,1-2H3,(H,24,27)/t19-/m1/s1. The topological polar surface area (TPSA) is 49.4 Å². The maximum atomic E-state index is 13.1. The number of hydrogen-bond acceptors (Lipinski definition) is 2. The van der Waals surface area contributed by atoms with Gasteiger partial charge in [0, 0.05) is 18.1 Å². The Kier molecular flexibility index (Phi) is 7.80. The number of hydrogen-bond donors (Lipinski definition) is 1. The molecule has 0 spiro atoms. The quantitative estimate of drug-likeness (QED) is 0.741. The minimum Gasteiger partial charge on any atom is -0.355 e. The Labute approximate surface area is 164 Å². The smallest absolute Gasteiger partial charge is 0.242 e. The van der Waals surface area contributed by atoms with Crippen LogP contribution < -0.4 is 5.32 Å². The fourth-order valence-corrected chi connectivity index (χ4v) is 3.10. The Morgan fingerprint density at radius 2 is 1.78 bits per heavy atom. The van der Waals surface area contributed by atoms with Crippen LogP contribution in [-0.4, -0.2) is 29.3 Å². The van der Waals surface area contributed by atoms with Gasteiger partial charge in [-0.15, -0.1) is 0 Å². The van der Waals surface area contributed by atoms with Crippen LogP contribution in [0.25, 0.3) is 0 Å². The molecule has 0 fully saturated rings. The van der Waals surface area contributed by atoms with Crippen LogP contribution in [0.15, 0.2) is 48.5 Å². The van der Waals surface area contributed by atoms with Crippen molar-refractivity contribution >= 4 is 23.4 Å². The summed E-state index contributed by atoms with van der Waals surface area (Å²) in [5.74, 6) is -0.757. The molecule has 6 heteroatoms. The molecule has 0 unspecified atom stereocenters. The molecule has 1 N–H and O–H groups in total. The molecule has 0 saturated heterocycles. The highest BCUT2D eigenvalue weighted by atomic mass is 35.5. The zero-order valence-corrected chi connectivity index (χ0v) is 16.3. The normalized spacial score (nSPS) is 11.7. The van der Waals surface area contributed by atoms with Crippen LogP contribution in [0.5, 0.6) is 0 Å². The van der Waals surface area contributed by atoms with Gasteiger partial charge in [0.2, 0.25) is 11.8 Å². The minimum absolute atomic E-state index is 0.0840. The van der Waals surface area contributed by atoms with E-state index >= 15 is 0 Å². The number of halogens is 2. The van der Waals surface area contributed by atoms with Crippen molar-refractivity contribution in [1.29, 1.82) is 0 Å². The van der Waals surface area contributed by atoms with Crippen molar-refractivity contribution in [2.75, 3.05) is 6.54 Å². The lowest BCUT2D eigenvalue weighted by molar-refractivity contribution is -0.140. The summed E-state index contributed by atoms with van der Waals surface area (Å²) in [4.78, 5) is 27.1. The van der Waals surface area contributed by atoms with Crippen LogP contribution in [0.3, 0.4) is 0 Å². The van der Waals surface area contributed by atoms with Gasteiger partial charge in [-0.2, -0.15) is 0 Å². The molecule has 1 atom stereocenters. The Bertz CT molecular complexity index is 780. The predicted molar refractivity (Wildman–Crippen MR) is 105 cm³/mol. The van der Waals surface area contributed by atoms with Gasteiger partial charge in [0.05, 0.1) is 6.42 Å². The van der Waals surface area contributed by atoms with Crippen LogP contribution in [0.4, 0.5) is 4.39 Å². The molecule has 2 rings (SSSR count). The van der Waals surface area contributed by atoms with Crippen LogP contribution in [0.2, 0.25) is 5.02 Å². The van der Waals surface area contributed by atoms with Crippen molar-refractivity contribution in [3.63, 3.8) is 0 Å². The molecule has 144 valence electrons. The van der Waals surface area contributed by atoms with E-state index in [4.69, 9.17) is 11.6 Å². The van der Waals surface area contributed by atoms with Crippen molar-refractivity contribution in [2.24, 2.45) is 0 Å². The number of carbonyl (C=O) groups is 2. The van der Waals surface area contributed by atoms with Crippen molar-refractivity contribution in [1.82, 2.24) is 10.2 Å². The summed E-state index contributed by atoms with van der Waals surface area (Å²) in [6, 6.07) is 12.5. The van der Waals surface area contributed by atoms with Gasteiger partial charge in [0.25, 0.3) is 0 Å². The highest BCUT2D eigenvalue weighted by molar-refractivity contribution is 6.31. The second-order valence-electron chi connectivity index (χ2n) is 6.23. The van der Waals surface area contributed by atoms with Gasteiger partial charge in [-0.1, -0.05) is 48.9 Å². The van der Waals surface area contributed by atoms with E-state index in [0.717, 1.165) is 5.56 Å². The van der Waals surface area contributed by atoms with E-state index in [0.29, 0.717) is 23.6 Å². The van der Waals surface area contributed by atoms with Crippen LogP contribution in [0, 0.1) is 5.82 Å². The van der Waals surface area contributed by atoms with E-state index in [1.54, 1.807) is 23.1 Å². The van der Waals surface area contributed by atoms with Crippen molar-refractivity contribution in [3.05, 3.63) is 70.5 Å². The van der Waals surface area contributed by atoms with Crippen LogP contribution in [-0.2, 0) is 22.6 Å². The highest BCUT2D eigenvalue weighted by Gasteiger charge is 2.28. The fraction of sp³-hybridized carbons (Fsp3) is 0.333. The van der Waals surface area contributed by atoms with Crippen molar-refractivity contribution < 1.29 is 14.0 Å². The first-order valence-electron chi connectivity index (χ1n) is 9.01. The molecule has 0 saturated carbocycles. The number of amides is 2. The van der Waals surface area contributed by atoms with Gasteiger partial charge < -0.3 is 10.2 Å². The van der Waals surface area contributed by atoms with Crippen molar-refractivity contribution in [2.45, 2.75) is 39.3 Å². The summed E-state index contributed by atoms with van der Waals surface area (Å²) in [7, 11) is 0. The Hall–Kier alpha value is -2.40. The van der Waals surface area contributed by atoms with Gasteiger partial charge in [0.15, 0.2) is 0 Å². The summed E-state index contributed by atoms with van der Waals surface area (Å²) >= 11 is 6.26. The van der Waals surface area contributed by atoms with Gasteiger partial charge in [-0.3, -0.25) is 9.59 Å². The van der Waals surface area contributed by atoms with E-state index in [-0.39, 0.29) is 30.6 Å². The molecule has 0 heterocycles. The molecule has 0 aromatic heterocycles. The monoisotopic (exact) mass is 390 g/mol. The number of carbonyl (C=O) groups excluding carboxylic acids is 2. The Balaban J connectivity index is 2.29. The first kappa shape index (κ1) is 20.9. The number of nitrogens with zero attached hydrogens (tertiary/aromatic N) is 1. The van der Waals surface area contributed by atoms with E-state index in [1.807, 2.05) is 32.0 Å². The molecular formula is C21H24ClFN2O2. The highest BCUT2D eigenvalue weighted by Crippen LogP contribution is 2.20. The average molecular weight is 391 g/mol. The molecular weight excluding hydrogens is 367 g/mol. The van der Waals surface area contributed by atoms with Gasteiger partial charge in [-0.05, 0) is 42.7 Å². The third-order valence-corrected chi connectivity index (χ3v) is 4.67. The number of benzene rings is 2. The summed E-state index contributed by atoms with van der Waals surface area (Å²) in [5.41, 5.74) is 1.46. The lowest BCUT2D eigenvalue weighted by Gasteiger charge is -2.31. The molecule has 0 aliphatic heterocycles. The molecule has 0 aliphatic carbocycles. The van der Waals surface area contributed by atoms with Gasteiger partial charge >= 0.3 is 0 Å². The van der Waals surface area contributed by atoms with E-state index in [2.05, 4.69) is 5.32 Å². The number of likely N-dealkylation sites (N-methyl/N-ethyl adjacent to an activating group) is 1. The second-order valence-corrected chi connectivity index (χ2v) is 6.64. The Morgan fingerprint density at radius 3 is 2.37 bits per heavy atom. The lowest BCUT2D eigenvalue weighted by Crippen LogP contribution is -2.49. The number of nitrogens with one attached hydrogen (secondary N) is 1. The van der Waals surface area contributed by atoms with E-state index in [1.165, 1.54) is 12.1 Å². The maximum absolute atomic E-state index is 13.1. The Morgan fingerprint density at radius 1 is 1.11 bits per heavy atom. The third-order valence-electron chi connectivity index (χ3n) is 4.30. The predicted octanol–water partition coefficient (Wildman–Crippen LogP) is 3.97. The summed E-state index contributed by atoms with van der Waals surface area (Å²) in [6.07, 6.45) is 0.562. The molecule has 0 radical (unpaired) electrons. The summed E-state index contributed by atoms with van der Waals surface area (Å²) in [5, 5.41) is 3.33. The largest absolute Gasteiger partial charge is 0.355 e. The minimum atomic E-state index is -0.603. The van der Waals surface area contributed by atoms with Crippen LogP contribution in [0.1, 0.15) is 31.4 Å². The molecule has 2 aromatic rings. The van der Waals surface area contributed by atoms with Gasteiger partial charge in [0.1, 0.15) is 11.9 Å². The second kappa shape index (κ2) is 10.1. The van der Waals surface area contributed by atoms with E-state index in [9.17, 15) is 14.0 Å². The van der Waals surface area contributed by atoms with Crippen molar-refractivity contribution in [3.8, 4) is 0 Å². The maximum Gasteiger partial charge on any atom is 0.242 e. The first-order valence-corrected chi connectivity index (χ1v) is 9.39. The number of rotatable bonds is 8. The lowest BCUT2D eigenvalue weighted by atomic mass is 10.1. The summed E-state index contributed by atoms with van der Waals surface area (Å²) in [6.45, 7) is 4.42. The third kappa shape index (κ3) is 5.79. The van der Waals surface area contributed by atoms with Crippen LogP contribution >= 0.6 is 11.6 Å². The summed E-state index contributed by atoms with van der Waals surface area (Å²) < 4.78 is 13.1. The molecule has 0 bridgehead atoms. The zero-order valence-electron chi connectivity index (χ0n) is 15.5.